The Kier molecular flexibility index (Phi) is 4.32. The van der Waals surface area contributed by atoms with Crippen molar-refractivity contribution >= 4 is 15.9 Å². The van der Waals surface area contributed by atoms with Gasteiger partial charge in [-0.25, -0.2) is 0 Å². The van der Waals surface area contributed by atoms with Crippen molar-refractivity contribution < 1.29 is 0 Å². The molecule has 4 nitrogen and oxygen atoms in total. The molecule has 1 aromatic rings. The van der Waals surface area contributed by atoms with Gasteiger partial charge in [0.1, 0.15) is 0 Å². The summed E-state index contributed by atoms with van der Waals surface area (Å²) >= 11 is 3.66. The third-order valence-corrected chi connectivity index (χ3v) is 5.02. The minimum Gasteiger partial charge on any atom is -0.297 e. The molecule has 1 aromatic heterocycles. The quantitative estimate of drug-likeness (QED) is 0.858. The molecule has 1 saturated heterocycles. The molecule has 0 bridgehead atoms. The van der Waals surface area contributed by atoms with Gasteiger partial charge in [-0.3, -0.25) is 9.58 Å². The van der Waals surface area contributed by atoms with Crippen molar-refractivity contribution in [3.8, 4) is 6.07 Å². The van der Waals surface area contributed by atoms with Crippen molar-refractivity contribution in [3.63, 3.8) is 0 Å². The highest BCUT2D eigenvalue weighted by Crippen LogP contribution is 2.31. The van der Waals surface area contributed by atoms with Crippen molar-refractivity contribution in [1.82, 2.24) is 14.7 Å². The number of piperidine rings is 1. The van der Waals surface area contributed by atoms with Gasteiger partial charge in [0.2, 0.25) is 0 Å². The van der Waals surface area contributed by atoms with E-state index in [4.69, 9.17) is 5.26 Å². The lowest BCUT2D eigenvalue weighted by atomic mass is 9.82. The molecule has 0 saturated carbocycles. The van der Waals surface area contributed by atoms with Gasteiger partial charge in [0.15, 0.2) is 0 Å². The zero-order valence-electron chi connectivity index (χ0n) is 11.9. The number of hydrogen-bond donors (Lipinski definition) is 0. The van der Waals surface area contributed by atoms with Gasteiger partial charge in [0.25, 0.3) is 0 Å². The third kappa shape index (κ3) is 3.01. The molecule has 5 heteroatoms. The normalized spacial score (nSPS) is 19.3. The lowest BCUT2D eigenvalue weighted by Crippen LogP contribution is -2.38. The highest BCUT2D eigenvalue weighted by Gasteiger charge is 2.30. The van der Waals surface area contributed by atoms with Gasteiger partial charge in [-0.1, -0.05) is 6.92 Å². The molecule has 0 N–H and O–H groups in total. The van der Waals surface area contributed by atoms with Gasteiger partial charge in [-0.15, -0.1) is 0 Å². The summed E-state index contributed by atoms with van der Waals surface area (Å²) in [5, 5.41) is 13.7. The minimum atomic E-state index is -0.130. The second kappa shape index (κ2) is 5.64. The van der Waals surface area contributed by atoms with Crippen molar-refractivity contribution in [1.29, 1.82) is 5.26 Å². The van der Waals surface area contributed by atoms with Crippen LogP contribution in [0.25, 0.3) is 0 Å². The van der Waals surface area contributed by atoms with Gasteiger partial charge in [0.05, 0.1) is 27.3 Å². The summed E-state index contributed by atoms with van der Waals surface area (Å²) in [5.41, 5.74) is 2.23. The first kappa shape index (κ1) is 14.5. The van der Waals surface area contributed by atoms with Crippen LogP contribution >= 0.6 is 15.9 Å². The maximum absolute atomic E-state index is 9.16. The minimum absolute atomic E-state index is 0.130. The van der Waals surface area contributed by atoms with Crippen molar-refractivity contribution in [2.75, 3.05) is 13.1 Å². The molecule has 0 radical (unpaired) electrons. The van der Waals surface area contributed by atoms with E-state index in [-0.39, 0.29) is 5.41 Å². The molecule has 1 aliphatic heterocycles. The molecule has 0 atom stereocenters. The molecule has 0 unspecified atom stereocenters. The highest BCUT2D eigenvalue weighted by molar-refractivity contribution is 9.10. The number of nitrogens with zero attached hydrogens (tertiary/aromatic N) is 4. The molecule has 1 aliphatic rings. The zero-order valence-corrected chi connectivity index (χ0v) is 13.5. The van der Waals surface area contributed by atoms with Crippen LogP contribution < -0.4 is 0 Å². The second-order valence-corrected chi connectivity index (χ2v) is 6.43. The average Bonchev–Trinajstić information content (AvgIpc) is 2.69. The summed E-state index contributed by atoms with van der Waals surface area (Å²) < 4.78 is 3.12. The summed E-state index contributed by atoms with van der Waals surface area (Å²) in [6, 6.07) is 2.45. The van der Waals surface area contributed by atoms with Crippen LogP contribution in [0.4, 0.5) is 0 Å². The fraction of sp³-hybridized carbons (Fsp3) is 0.714. The SMILES string of the molecule is CCc1nn(C)c(CN2CCC(C)(C#N)CC2)c1Br. The number of hydrogen-bond acceptors (Lipinski definition) is 3. The Morgan fingerprint density at radius 1 is 1.42 bits per heavy atom. The van der Waals surface area contributed by atoms with Crippen molar-refractivity contribution in [2.45, 2.75) is 39.7 Å². The standard InChI is InChI=1S/C14H21BrN4/c1-4-11-13(15)12(18(3)17-11)9-19-7-5-14(2,10-16)6-8-19/h4-9H2,1-3H3. The molecule has 2 rings (SSSR count). The largest absolute Gasteiger partial charge is 0.297 e. The number of aryl methyl sites for hydroxylation is 2. The third-order valence-electron chi connectivity index (χ3n) is 4.11. The number of rotatable bonds is 3. The van der Waals surface area contributed by atoms with Gasteiger partial charge in [-0.05, 0) is 42.1 Å². The first-order valence-corrected chi connectivity index (χ1v) is 7.62. The molecule has 0 spiro atoms. The van der Waals surface area contributed by atoms with E-state index >= 15 is 0 Å². The number of nitriles is 1. The Morgan fingerprint density at radius 3 is 2.53 bits per heavy atom. The smallest absolute Gasteiger partial charge is 0.0767 e. The van der Waals surface area contributed by atoms with E-state index in [1.807, 2.05) is 11.7 Å². The molecular weight excluding hydrogens is 304 g/mol. The predicted octanol–water partition coefficient (Wildman–Crippen LogP) is 2.87. The first-order chi connectivity index (χ1) is 8.99. The number of aromatic nitrogens is 2. The van der Waals surface area contributed by atoms with Crippen LogP contribution in [0, 0.1) is 16.7 Å². The molecular formula is C14H21BrN4. The number of halogens is 1. The van der Waals surface area contributed by atoms with Crippen LogP contribution in [0.2, 0.25) is 0 Å². The van der Waals surface area contributed by atoms with Crippen LogP contribution in [0.5, 0.6) is 0 Å². The Bertz CT molecular complexity index is 492. The maximum Gasteiger partial charge on any atom is 0.0767 e. The Balaban J connectivity index is 2.04. The summed E-state index contributed by atoms with van der Waals surface area (Å²) in [5.74, 6) is 0. The Morgan fingerprint density at radius 2 is 2.05 bits per heavy atom. The molecule has 0 amide bonds. The summed E-state index contributed by atoms with van der Waals surface area (Å²) in [6.07, 6.45) is 2.86. The van der Waals surface area contributed by atoms with Gasteiger partial charge < -0.3 is 0 Å². The molecule has 1 fully saturated rings. The molecule has 2 heterocycles. The monoisotopic (exact) mass is 324 g/mol. The lowest BCUT2D eigenvalue weighted by molar-refractivity contribution is 0.147. The summed E-state index contributed by atoms with van der Waals surface area (Å²) in [7, 11) is 2.00. The van der Waals surface area contributed by atoms with E-state index in [9.17, 15) is 0 Å². The Labute approximate surface area is 123 Å². The lowest BCUT2D eigenvalue weighted by Gasteiger charge is -2.34. The fourth-order valence-electron chi connectivity index (χ4n) is 2.52. The topological polar surface area (TPSA) is 44.9 Å². The van der Waals surface area contributed by atoms with E-state index in [1.54, 1.807) is 0 Å². The van der Waals surface area contributed by atoms with Crippen LogP contribution in [-0.4, -0.2) is 27.8 Å². The van der Waals surface area contributed by atoms with E-state index in [2.05, 4.69) is 45.8 Å². The van der Waals surface area contributed by atoms with E-state index < -0.39 is 0 Å². The van der Waals surface area contributed by atoms with Gasteiger partial charge >= 0.3 is 0 Å². The second-order valence-electron chi connectivity index (χ2n) is 5.63. The molecule has 0 aliphatic carbocycles. The van der Waals surface area contributed by atoms with Crippen LogP contribution in [0.3, 0.4) is 0 Å². The van der Waals surface area contributed by atoms with Crippen LogP contribution in [0.1, 0.15) is 38.1 Å². The summed E-state index contributed by atoms with van der Waals surface area (Å²) in [4.78, 5) is 2.42. The summed E-state index contributed by atoms with van der Waals surface area (Å²) in [6.45, 7) is 7.08. The van der Waals surface area contributed by atoms with Crippen LogP contribution in [-0.2, 0) is 20.0 Å². The average molecular weight is 325 g/mol. The maximum atomic E-state index is 9.16. The molecule has 0 aromatic carbocycles. The fourth-order valence-corrected chi connectivity index (χ4v) is 3.26. The number of likely N-dealkylation sites (tertiary alicyclic amines) is 1. The molecule has 104 valence electrons. The Hall–Kier alpha value is -0.860. The van der Waals surface area contributed by atoms with E-state index in [0.29, 0.717) is 0 Å². The van der Waals surface area contributed by atoms with E-state index in [1.165, 1.54) is 5.69 Å². The molecule has 19 heavy (non-hydrogen) atoms. The first-order valence-electron chi connectivity index (χ1n) is 6.83. The van der Waals surface area contributed by atoms with Crippen molar-refractivity contribution in [3.05, 3.63) is 15.9 Å². The van der Waals surface area contributed by atoms with Crippen LogP contribution in [0.15, 0.2) is 4.47 Å². The zero-order chi connectivity index (χ0) is 14.0. The highest BCUT2D eigenvalue weighted by atomic mass is 79.9. The van der Waals surface area contributed by atoms with Gasteiger partial charge in [0, 0.05) is 26.7 Å². The predicted molar refractivity (Wildman–Crippen MR) is 78.5 cm³/mol. The van der Waals surface area contributed by atoms with Gasteiger partial charge in [-0.2, -0.15) is 10.4 Å². The van der Waals surface area contributed by atoms with Crippen molar-refractivity contribution in [2.24, 2.45) is 12.5 Å². The van der Waals surface area contributed by atoms with E-state index in [0.717, 1.165) is 49.1 Å².